The Bertz CT molecular complexity index is 196. The van der Waals surface area contributed by atoms with E-state index in [2.05, 4.69) is 37.1 Å². The fraction of sp³-hybridized carbons (Fsp3) is 0.833. The maximum absolute atomic E-state index is 3.29. The van der Waals surface area contributed by atoms with Crippen molar-refractivity contribution in [1.82, 2.24) is 10.2 Å². The van der Waals surface area contributed by atoms with Crippen molar-refractivity contribution < 1.29 is 0 Å². The summed E-state index contributed by atoms with van der Waals surface area (Å²) in [4.78, 5) is 2.52. The highest BCUT2D eigenvalue weighted by molar-refractivity contribution is 5.09. The van der Waals surface area contributed by atoms with Crippen molar-refractivity contribution in [2.45, 2.75) is 45.7 Å². The monoisotopic (exact) mass is 196 g/mol. The number of rotatable bonds is 4. The molecule has 0 saturated heterocycles. The van der Waals surface area contributed by atoms with Crippen molar-refractivity contribution in [3.05, 3.63) is 11.6 Å². The van der Waals surface area contributed by atoms with Crippen LogP contribution in [0.3, 0.4) is 0 Å². The van der Waals surface area contributed by atoms with Crippen molar-refractivity contribution in [3.8, 4) is 0 Å². The van der Waals surface area contributed by atoms with Gasteiger partial charge >= 0.3 is 0 Å². The van der Waals surface area contributed by atoms with E-state index in [1.165, 1.54) is 19.4 Å². The third-order valence-electron chi connectivity index (χ3n) is 3.13. The van der Waals surface area contributed by atoms with Crippen LogP contribution in [0.25, 0.3) is 0 Å². The molecular formula is C12H24N2. The smallest absolute Gasteiger partial charge is 0.0168 e. The van der Waals surface area contributed by atoms with Crippen LogP contribution in [-0.2, 0) is 0 Å². The van der Waals surface area contributed by atoms with Crippen LogP contribution in [0.1, 0.15) is 33.6 Å². The van der Waals surface area contributed by atoms with Gasteiger partial charge in [0.2, 0.25) is 0 Å². The van der Waals surface area contributed by atoms with Gasteiger partial charge in [0.05, 0.1) is 0 Å². The number of nitrogens with one attached hydrogen (secondary N) is 1. The van der Waals surface area contributed by atoms with E-state index in [4.69, 9.17) is 0 Å². The predicted molar refractivity (Wildman–Crippen MR) is 62.5 cm³/mol. The molecule has 0 bridgehead atoms. The summed E-state index contributed by atoms with van der Waals surface area (Å²) < 4.78 is 0. The first-order chi connectivity index (χ1) is 6.63. The molecule has 0 fully saturated rings. The van der Waals surface area contributed by atoms with Gasteiger partial charge in [0, 0.05) is 25.2 Å². The zero-order valence-electron chi connectivity index (χ0n) is 10.0. The van der Waals surface area contributed by atoms with Crippen molar-refractivity contribution in [2.75, 3.05) is 20.1 Å². The summed E-state index contributed by atoms with van der Waals surface area (Å²) in [6, 6.07) is 1.31. The van der Waals surface area contributed by atoms with Crippen molar-refractivity contribution in [3.63, 3.8) is 0 Å². The Morgan fingerprint density at radius 3 is 2.57 bits per heavy atom. The quantitative estimate of drug-likeness (QED) is 0.692. The van der Waals surface area contributed by atoms with Gasteiger partial charge in [-0.3, -0.25) is 4.90 Å². The highest BCUT2D eigenvalue weighted by Gasteiger charge is 2.14. The molecular weight excluding hydrogens is 172 g/mol. The molecule has 0 saturated carbocycles. The first-order valence-corrected chi connectivity index (χ1v) is 5.72. The fourth-order valence-electron chi connectivity index (χ4n) is 1.88. The normalized spacial score (nSPS) is 21.1. The van der Waals surface area contributed by atoms with Gasteiger partial charge in [-0.1, -0.05) is 11.6 Å². The molecule has 2 heteroatoms. The average molecular weight is 196 g/mol. The molecule has 0 aliphatic carbocycles. The van der Waals surface area contributed by atoms with Crippen LogP contribution in [0, 0.1) is 0 Å². The van der Waals surface area contributed by atoms with E-state index in [0.717, 1.165) is 6.54 Å². The third-order valence-corrected chi connectivity index (χ3v) is 3.13. The highest BCUT2D eigenvalue weighted by Crippen LogP contribution is 2.17. The van der Waals surface area contributed by atoms with Crippen LogP contribution in [0.4, 0.5) is 0 Å². The molecule has 1 aliphatic rings. The molecule has 2 nitrogen and oxygen atoms in total. The summed E-state index contributed by atoms with van der Waals surface area (Å²) in [7, 11) is 2.04. The van der Waals surface area contributed by atoms with E-state index in [0.29, 0.717) is 12.1 Å². The first-order valence-electron chi connectivity index (χ1n) is 5.72. The van der Waals surface area contributed by atoms with E-state index < -0.39 is 0 Å². The van der Waals surface area contributed by atoms with Gasteiger partial charge in [-0.05, 0) is 40.7 Å². The Morgan fingerprint density at radius 2 is 2.14 bits per heavy atom. The van der Waals surface area contributed by atoms with Gasteiger partial charge in [0.15, 0.2) is 0 Å². The molecule has 0 spiro atoms. The number of nitrogens with zero attached hydrogens (tertiary/aromatic N) is 1. The minimum atomic E-state index is 0.617. The predicted octanol–water partition coefficient (Wildman–Crippen LogP) is 2.02. The minimum absolute atomic E-state index is 0.617. The molecule has 0 aromatic carbocycles. The standard InChI is InChI=1S/C12H24N2/c1-10(2)14-7-5-12(6-8-14)9-11(3)13-4/h5,10-11,13H,6-9H2,1-4H3. The molecule has 14 heavy (non-hydrogen) atoms. The first kappa shape index (κ1) is 11.7. The molecule has 1 aliphatic heterocycles. The van der Waals surface area contributed by atoms with Crippen molar-refractivity contribution in [2.24, 2.45) is 0 Å². The summed E-state index contributed by atoms with van der Waals surface area (Å²) in [5.74, 6) is 0. The lowest BCUT2D eigenvalue weighted by Crippen LogP contribution is -2.35. The molecule has 0 radical (unpaired) electrons. The van der Waals surface area contributed by atoms with Gasteiger partial charge < -0.3 is 5.32 Å². The maximum atomic E-state index is 3.29. The molecule has 1 unspecified atom stereocenters. The molecule has 1 rings (SSSR count). The van der Waals surface area contributed by atoms with Gasteiger partial charge in [-0.25, -0.2) is 0 Å². The fourth-order valence-corrected chi connectivity index (χ4v) is 1.88. The van der Waals surface area contributed by atoms with E-state index in [9.17, 15) is 0 Å². The van der Waals surface area contributed by atoms with Crippen LogP contribution in [0.5, 0.6) is 0 Å². The minimum Gasteiger partial charge on any atom is -0.317 e. The third kappa shape index (κ3) is 3.43. The lowest BCUT2D eigenvalue weighted by molar-refractivity contribution is 0.237. The molecule has 1 heterocycles. The summed E-state index contributed by atoms with van der Waals surface area (Å²) >= 11 is 0. The molecule has 82 valence electrons. The van der Waals surface area contributed by atoms with Crippen LogP contribution < -0.4 is 5.32 Å². The van der Waals surface area contributed by atoms with Gasteiger partial charge in [-0.15, -0.1) is 0 Å². The Morgan fingerprint density at radius 1 is 1.43 bits per heavy atom. The Labute approximate surface area is 88.4 Å². The highest BCUT2D eigenvalue weighted by atomic mass is 15.1. The molecule has 1 N–H and O–H groups in total. The van der Waals surface area contributed by atoms with Crippen molar-refractivity contribution in [1.29, 1.82) is 0 Å². The summed E-state index contributed by atoms with van der Waals surface area (Å²) in [6.07, 6.45) is 4.88. The second kappa shape index (κ2) is 5.52. The van der Waals surface area contributed by atoms with E-state index >= 15 is 0 Å². The van der Waals surface area contributed by atoms with Crippen molar-refractivity contribution >= 4 is 0 Å². The topological polar surface area (TPSA) is 15.3 Å². The molecule has 0 amide bonds. The molecule has 1 atom stereocenters. The lowest BCUT2D eigenvalue weighted by Gasteiger charge is -2.30. The Balaban J connectivity index is 2.37. The summed E-state index contributed by atoms with van der Waals surface area (Å²) in [5, 5.41) is 3.29. The molecule has 0 aromatic heterocycles. The lowest BCUT2D eigenvalue weighted by atomic mass is 10.0. The second-order valence-corrected chi connectivity index (χ2v) is 4.59. The van der Waals surface area contributed by atoms with E-state index in [1.807, 2.05) is 7.05 Å². The maximum Gasteiger partial charge on any atom is 0.0168 e. The van der Waals surface area contributed by atoms with Crippen LogP contribution >= 0.6 is 0 Å². The SMILES string of the molecule is CNC(C)CC1=CCN(C(C)C)CC1. The summed E-state index contributed by atoms with van der Waals surface area (Å²) in [5.41, 5.74) is 1.63. The van der Waals surface area contributed by atoms with Gasteiger partial charge in [0.25, 0.3) is 0 Å². The van der Waals surface area contributed by atoms with E-state index in [-0.39, 0.29) is 0 Å². The van der Waals surface area contributed by atoms with Gasteiger partial charge in [-0.2, -0.15) is 0 Å². The van der Waals surface area contributed by atoms with Crippen LogP contribution in [-0.4, -0.2) is 37.1 Å². The second-order valence-electron chi connectivity index (χ2n) is 4.59. The van der Waals surface area contributed by atoms with E-state index in [1.54, 1.807) is 5.57 Å². The molecule has 0 aromatic rings. The largest absolute Gasteiger partial charge is 0.317 e. The number of hydrogen-bond donors (Lipinski definition) is 1. The summed E-state index contributed by atoms with van der Waals surface area (Å²) in [6.45, 7) is 9.17. The van der Waals surface area contributed by atoms with Gasteiger partial charge in [0.1, 0.15) is 0 Å². The van der Waals surface area contributed by atoms with Crippen LogP contribution in [0.15, 0.2) is 11.6 Å². The Kier molecular flexibility index (Phi) is 4.63. The zero-order valence-corrected chi connectivity index (χ0v) is 10.0. The average Bonchev–Trinajstić information content (AvgIpc) is 2.18. The van der Waals surface area contributed by atoms with Crippen LogP contribution in [0.2, 0.25) is 0 Å². The Hall–Kier alpha value is -0.340. The zero-order chi connectivity index (χ0) is 10.6. The number of hydrogen-bond acceptors (Lipinski definition) is 2.